The molecule has 0 saturated carbocycles. The molecule has 0 N–H and O–H groups in total. The van der Waals surface area contributed by atoms with Crippen LogP contribution in [0.25, 0.3) is 66.1 Å². The smallest absolute Gasteiger partial charge is 0.399 e. The van der Waals surface area contributed by atoms with E-state index in [4.69, 9.17) is 0 Å². The van der Waals surface area contributed by atoms with E-state index in [1.165, 1.54) is 35.8 Å². The number of unbranched alkanes of at least 4 members (excludes halogenated alkanes) is 3. The van der Waals surface area contributed by atoms with Crippen molar-refractivity contribution in [2.75, 3.05) is 0 Å². The molecular formula is C55H44F10O2. The van der Waals surface area contributed by atoms with Crippen LogP contribution in [0.15, 0.2) is 146 Å². The summed E-state index contributed by atoms with van der Waals surface area (Å²) in [5, 5.41) is 4.56. The molecule has 0 amide bonds. The summed E-state index contributed by atoms with van der Waals surface area (Å²) >= 11 is 0. The maximum atomic E-state index is 14.1. The van der Waals surface area contributed by atoms with Gasteiger partial charge in [-0.3, -0.25) is 0 Å². The van der Waals surface area contributed by atoms with Gasteiger partial charge in [0, 0.05) is 0 Å². The van der Waals surface area contributed by atoms with Crippen LogP contribution in [0, 0.1) is 23.3 Å². The van der Waals surface area contributed by atoms with Gasteiger partial charge >= 0.3 is 12.7 Å². The lowest BCUT2D eigenvalue weighted by Gasteiger charge is -2.12. The first kappa shape index (κ1) is 48.1. The van der Waals surface area contributed by atoms with Crippen molar-refractivity contribution in [2.45, 2.75) is 71.5 Å². The van der Waals surface area contributed by atoms with Gasteiger partial charge in [-0.2, -0.15) is 0 Å². The zero-order chi connectivity index (χ0) is 47.9. The van der Waals surface area contributed by atoms with E-state index in [0.717, 1.165) is 88.4 Å². The largest absolute Gasteiger partial charge is 0.573 e. The number of rotatable bonds is 13. The monoisotopic (exact) mass is 926 g/mol. The highest BCUT2D eigenvalue weighted by molar-refractivity contribution is 5.89. The Morgan fingerprint density at radius 1 is 0.328 bits per heavy atom. The maximum Gasteiger partial charge on any atom is 0.573 e. The zero-order valence-corrected chi connectivity index (χ0v) is 36.4. The van der Waals surface area contributed by atoms with E-state index in [1.807, 2.05) is 36.4 Å². The third-order valence-electron chi connectivity index (χ3n) is 11.2. The molecule has 0 aliphatic heterocycles. The molecule has 8 aromatic rings. The summed E-state index contributed by atoms with van der Waals surface area (Å²) in [6, 6.07) is 42.5. The fourth-order valence-electron chi connectivity index (χ4n) is 7.81. The minimum absolute atomic E-state index is 0.115. The lowest BCUT2D eigenvalue weighted by atomic mass is 9.97. The van der Waals surface area contributed by atoms with E-state index in [1.54, 1.807) is 24.3 Å². The third-order valence-corrected chi connectivity index (χ3v) is 11.2. The van der Waals surface area contributed by atoms with Gasteiger partial charge in [0.1, 0.15) is 0 Å². The minimum Gasteiger partial charge on any atom is -0.399 e. The molecule has 0 spiro atoms. The van der Waals surface area contributed by atoms with Crippen LogP contribution in [-0.4, -0.2) is 12.7 Å². The Balaban J connectivity index is 0.000000199. The van der Waals surface area contributed by atoms with Crippen LogP contribution in [-0.2, 0) is 12.8 Å². The lowest BCUT2D eigenvalue weighted by molar-refractivity contribution is -0.277. The molecule has 0 unspecified atom stereocenters. The second-order valence-corrected chi connectivity index (χ2v) is 16.1. The first-order valence-corrected chi connectivity index (χ1v) is 21.7. The van der Waals surface area contributed by atoms with Gasteiger partial charge < -0.3 is 9.47 Å². The fraction of sp³-hybridized carbons (Fsp3) is 0.200. The van der Waals surface area contributed by atoms with Crippen molar-refractivity contribution < 1.29 is 53.4 Å². The molecule has 67 heavy (non-hydrogen) atoms. The number of aryl methyl sites for hydroxylation is 2. The van der Waals surface area contributed by atoms with Gasteiger partial charge in [-0.05, 0) is 139 Å². The van der Waals surface area contributed by atoms with Crippen LogP contribution in [0.2, 0.25) is 0 Å². The summed E-state index contributed by atoms with van der Waals surface area (Å²) in [5.41, 5.74) is 7.61. The van der Waals surface area contributed by atoms with E-state index in [9.17, 15) is 43.9 Å². The lowest BCUT2D eigenvalue weighted by Crippen LogP contribution is -2.19. The molecule has 0 bridgehead atoms. The minimum atomic E-state index is -5.18. The standard InChI is InChI=1S/C28H23F5O.C27H21F5O/c1-2-3-4-5-18-6-7-23-15-22(13-12-21(23)14-18)19-8-10-20(11-9-19)24-16-25(29)27(26(30)17-24)34-28(31,32)33;1-2-3-4-17-5-6-22-14-21(12-11-20(22)13-17)18-7-9-19(10-8-18)23-15-24(28)26(25(29)16-23)33-27(30,31)32/h6-17H,2-5H2,1H3;5-16H,2-4H2,1H3. The van der Waals surface area contributed by atoms with E-state index >= 15 is 0 Å². The van der Waals surface area contributed by atoms with Gasteiger partial charge in [0.2, 0.25) is 11.5 Å². The van der Waals surface area contributed by atoms with E-state index in [-0.39, 0.29) is 11.1 Å². The van der Waals surface area contributed by atoms with Crippen LogP contribution >= 0.6 is 0 Å². The van der Waals surface area contributed by atoms with Crippen LogP contribution in [0.1, 0.15) is 57.1 Å². The Morgan fingerprint density at radius 3 is 0.970 bits per heavy atom. The molecule has 0 aromatic heterocycles. The van der Waals surface area contributed by atoms with Crippen molar-refractivity contribution in [2.24, 2.45) is 0 Å². The van der Waals surface area contributed by atoms with E-state index < -0.39 is 47.5 Å². The van der Waals surface area contributed by atoms with Gasteiger partial charge in [-0.15, -0.1) is 26.3 Å². The molecule has 0 heterocycles. The SMILES string of the molecule is CCCCCc1ccc2cc(-c3ccc(-c4cc(F)c(OC(F)(F)F)c(F)c4)cc3)ccc2c1.CCCCc1ccc2cc(-c3ccc(-c4cc(F)c(OC(F)(F)F)c(F)c4)cc3)ccc2c1. The predicted molar refractivity (Wildman–Crippen MR) is 245 cm³/mol. The van der Waals surface area contributed by atoms with Gasteiger partial charge in [0.05, 0.1) is 0 Å². The van der Waals surface area contributed by atoms with E-state index in [0.29, 0.717) is 11.1 Å². The normalized spacial score (nSPS) is 11.7. The first-order valence-electron chi connectivity index (χ1n) is 21.7. The summed E-state index contributed by atoms with van der Waals surface area (Å²) in [6.45, 7) is 4.36. The van der Waals surface area contributed by atoms with Crippen molar-refractivity contribution in [3.05, 3.63) is 180 Å². The molecule has 346 valence electrons. The number of fused-ring (bicyclic) bond motifs is 2. The number of hydrogen-bond donors (Lipinski definition) is 0. The summed E-state index contributed by atoms with van der Waals surface area (Å²) in [6.07, 6.45) is -2.34. The molecule has 0 radical (unpaired) electrons. The number of benzene rings is 8. The summed E-state index contributed by atoms with van der Waals surface area (Å²) in [7, 11) is 0. The Morgan fingerprint density at radius 2 is 0.627 bits per heavy atom. The van der Waals surface area contributed by atoms with Gasteiger partial charge in [-0.1, -0.05) is 142 Å². The summed E-state index contributed by atoms with van der Waals surface area (Å²) in [4.78, 5) is 0. The number of alkyl halides is 6. The topological polar surface area (TPSA) is 18.5 Å². The molecule has 0 fully saturated rings. The first-order chi connectivity index (χ1) is 32.0. The van der Waals surface area contributed by atoms with Gasteiger partial charge in [0.25, 0.3) is 0 Å². The van der Waals surface area contributed by atoms with Crippen molar-refractivity contribution in [1.29, 1.82) is 0 Å². The second kappa shape index (κ2) is 20.8. The molecule has 0 aliphatic rings. The fourth-order valence-corrected chi connectivity index (χ4v) is 7.81. The highest BCUT2D eigenvalue weighted by Crippen LogP contribution is 2.36. The third kappa shape index (κ3) is 12.5. The van der Waals surface area contributed by atoms with Crippen molar-refractivity contribution in [1.82, 2.24) is 0 Å². The van der Waals surface area contributed by atoms with Crippen molar-refractivity contribution >= 4 is 21.5 Å². The predicted octanol–water partition coefficient (Wildman–Crippen LogP) is 17.8. The Kier molecular flexibility index (Phi) is 14.9. The average Bonchev–Trinajstić information content (AvgIpc) is 3.30. The summed E-state index contributed by atoms with van der Waals surface area (Å²) < 4.78 is 137. The Bertz CT molecular complexity index is 2930. The van der Waals surface area contributed by atoms with Crippen LogP contribution < -0.4 is 9.47 Å². The van der Waals surface area contributed by atoms with Crippen LogP contribution in [0.3, 0.4) is 0 Å². The Hall–Kier alpha value is -6.82. The van der Waals surface area contributed by atoms with Gasteiger partial charge in [0.15, 0.2) is 23.3 Å². The Labute approximate surface area is 381 Å². The van der Waals surface area contributed by atoms with Crippen LogP contribution in [0.4, 0.5) is 43.9 Å². The highest BCUT2D eigenvalue weighted by Gasteiger charge is 2.35. The molecule has 2 nitrogen and oxygen atoms in total. The molecule has 8 rings (SSSR count). The zero-order valence-electron chi connectivity index (χ0n) is 36.4. The van der Waals surface area contributed by atoms with Crippen LogP contribution in [0.5, 0.6) is 11.5 Å². The van der Waals surface area contributed by atoms with Crippen molar-refractivity contribution in [3.8, 4) is 56.0 Å². The average molecular weight is 927 g/mol. The van der Waals surface area contributed by atoms with Crippen molar-refractivity contribution in [3.63, 3.8) is 0 Å². The number of halogens is 10. The second-order valence-electron chi connectivity index (χ2n) is 16.1. The molecule has 12 heteroatoms. The molecule has 8 aromatic carbocycles. The summed E-state index contributed by atoms with van der Waals surface area (Å²) in [5.74, 6) is -8.59. The molecule has 0 saturated heterocycles. The molecular weight excluding hydrogens is 883 g/mol. The van der Waals surface area contributed by atoms with E-state index in [2.05, 4.69) is 84.0 Å². The maximum absolute atomic E-state index is 14.1. The molecule has 0 aliphatic carbocycles. The van der Waals surface area contributed by atoms with Gasteiger partial charge in [-0.25, -0.2) is 17.6 Å². The molecule has 0 atom stereocenters. The number of hydrogen-bond acceptors (Lipinski definition) is 2. The highest BCUT2D eigenvalue weighted by atomic mass is 19.4. The quantitative estimate of drug-likeness (QED) is 0.0847. The number of ether oxygens (including phenoxy) is 2.